The molecule has 156 valence electrons. The summed E-state index contributed by atoms with van der Waals surface area (Å²) in [5, 5.41) is 5.60. The number of fused-ring (bicyclic) bond motifs is 2. The predicted molar refractivity (Wildman–Crippen MR) is 126 cm³/mol. The van der Waals surface area contributed by atoms with Crippen LogP contribution >= 0.6 is 11.6 Å². The van der Waals surface area contributed by atoms with Gasteiger partial charge in [-0.1, -0.05) is 17.7 Å². The van der Waals surface area contributed by atoms with E-state index in [0.717, 1.165) is 51.2 Å². The van der Waals surface area contributed by atoms with Gasteiger partial charge in [0, 0.05) is 45.6 Å². The third kappa shape index (κ3) is 3.44. The summed E-state index contributed by atoms with van der Waals surface area (Å²) in [6, 6.07) is 15.6. The average Bonchev–Trinajstić information content (AvgIpc) is 3.27. The quantitative estimate of drug-likeness (QED) is 0.426. The fourth-order valence-corrected chi connectivity index (χ4v) is 4.19. The molecule has 2 N–H and O–H groups in total. The number of pyridine rings is 1. The van der Waals surface area contributed by atoms with Crippen LogP contribution < -0.4 is 5.56 Å². The molecule has 0 aliphatic carbocycles. The Morgan fingerprint density at radius 3 is 2.61 bits per heavy atom. The number of H-pyrrole nitrogens is 2. The van der Waals surface area contributed by atoms with Gasteiger partial charge in [-0.3, -0.25) is 14.9 Å². The maximum absolute atomic E-state index is 13.1. The molecule has 5 aromatic rings. The Bertz CT molecular complexity index is 1470. The maximum atomic E-state index is 13.1. The van der Waals surface area contributed by atoms with Gasteiger partial charge in [-0.2, -0.15) is 0 Å². The smallest absolute Gasteiger partial charge is 0.280 e. The molecule has 0 spiro atoms. The zero-order valence-corrected chi connectivity index (χ0v) is 18.3. The van der Waals surface area contributed by atoms with E-state index >= 15 is 0 Å². The van der Waals surface area contributed by atoms with Crippen LogP contribution in [0.15, 0.2) is 59.5 Å². The van der Waals surface area contributed by atoms with Crippen LogP contribution in [0.25, 0.3) is 38.6 Å². The highest BCUT2D eigenvalue weighted by atomic mass is 35.5. The molecule has 0 aliphatic heterocycles. The molecule has 5 rings (SSSR count). The second-order valence-corrected chi connectivity index (χ2v) is 8.51. The molecular formula is C24H22ClN5O. The number of rotatable bonds is 4. The van der Waals surface area contributed by atoms with Crippen molar-refractivity contribution < 1.29 is 0 Å². The minimum atomic E-state index is -0.137. The lowest BCUT2D eigenvalue weighted by atomic mass is 10.0. The van der Waals surface area contributed by atoms with Crippen LogP contribution in [0, 0.1) is 6.92 Å². The Morgan fingerprint density at radius 1 is 1.10 bits per heavy atom. The summed E-state index contributed by atoms with van der Waals surface area (Å²) >= 11 is 6.01. The highest BCUT2D eigenvalue weighted by molar-refractivity contribution is 6.30. The number of hydrogen-bond donors (Lipinski definition) is 2. The van der Waals surface area contributed by atoms with E-state index in [2.05, 4.69) is 44.2 Å². The zero-order valence-electron chi connectivity index (χ0n) is 17.5. The molecule has 3 heterocycles. The zero-order chi connectivity index (χ0) is 21.7. The summed E-state index contributed by atoms with van der Waals surface area (Å²) in [5.74, 6) is 0. The Kier molecular flexibility index (Phi) is 4.68. The normalized spacial score (nSPS) is 11.8. The van der Waals surface area contributed by atoms with Gasteiger partial charge in [0.05, 0.1) is 16.6 Å². The topological polar surface area (TPSA) is 69.7 Å². The summed E-state index contributed by atoms with van der Waals surface area (Å²) in [5.41, 5.74) is 6.42. The largest absolute Gasteiger partial charge is 0.357 e. The highest BCUT2D eigenvalue weighted by Gasteiger charge is 2.16. The van der Waals surface area contributed by atoms with Crippen LogP contribution in [0.2, 0.25) is 5.02 Å². The molecule has 0 bridgehead atoms. The molecule has 6 nitrogen and oxygen atoms in total. The highest BCUT2D eigenvalue weighted by Crippen LogP contribution is 2.31. The number of benzene rings is 2. The molecule has 0 radical (unpaired) electrons. The molecule has 0 saturated heterocycles. The van der Waals surface area contributed by atoms with Crippen LogP contribution in [0.4, 0.5) is 0 Å². The number of aryl methyl sites for hydroxylation is 1. The van der Waals surface area contributed by atoms with E-state index in [9.17, 15) is 4.79 Å². The van der Waals surface area contributed by atoms with Crippen molar-refractivity contribution in [3.8, 4) is 16.8 Å². The van der Waals surface area contributed by atoms with E-state index in [0.29, 0.717) is 10.4 Å². The fraction of sp³-hybridized carbons (Fsp3) is 0.167. The molecule has 0 saturated carbocycles. The molecule has 0 amide bonds. The molecule has 0 unspecified atom stereocenters. The van der Waals surface area contributed by atoms with E-state index in [1.807, 2.05) is 33.2 Å². The van der Waals surface area contributed by atoms with Crippen molar-refractivity contribution in [2.45, 2.75) is 13.5 Å². The van der Waals surface area contributed by atoms with Crippen molar-refractivity contribution in [1.82, 2.24) is 24.6 Å². The van der Waals surface area contributed by atoms with Gasteiger partial charge in [-0.05, 0) is 69.0 Å². The Balaban J connectivity index is 1.69. The first-order valence-electron chi connectivity index (χ1n) is 10.0. The number of hydrogen-bond acceptors (Lipinski definition) is 3. The van der Waals surface area contributed by atoms with Crippen LogP contribution in [-0.4, -0.2) is 38.7 Å². The molecule has 7 heteroatoms. The molecule has 31 heavy (non-hydrogen) atoms. The van der Waals surface area contributed by atoms with Gasteiger partial charge in [0.25, 0.3) is 5.56 Å². The van der Waals surface area contributed by atoms with Crippen molar-refractivity contribution in [3.63, 3.8) is 0 Å². The second kappa shape index (κ2) is 7.41. The van der Waals surface area contributed by atoms with E-state index in [1.165, 1.54) is 4.68 Å². The summed E-state index contributed by atoms with van der Waals surface area (Å²) < 4.78 is 1.54. The first-order valence-corrected chi connectivity index (χ1v) is 10.4. The molecule has 0 atom stereocenters. The third-order valence-corrected chi connectivity index (χ3v) is 5.71. The molecule has 3 aromatic heterocycles. The van der Waals surface area contributed by atoms with E-state index in [-0.39, 0.29) is 5.56 Å². The van der Waals surface area contributed by atoms with Crippen molar-refractivity contribution in [3.05, 3.63) is 81.5 Å². The van der Waals surface area contributed by atoms with Crippen LogP contribution in [0.1, 0.15) is 11.4 Å². The monoisotopic (exact) mass is 431 g/mol. The SMILES string of the molecule is Cc1ncc2c(=O)n(-c3ccc(Cl)cc3)[nH]c2c1-c1ccc2[nH]c(CN(C)C)cc2c1. The molecule has 0 aliphatic rings. The summed E-state index contributed by atoms with van der Waals surface area (Å²) in [6.07, 6.45) is 1.64. The third-order valence-electron chi connectivity index (χ3n) is 5.46. The van der Waals surface area contributed by atoms with E-state index < -0.39 is 0 Å². The minimum Gasteiger partial charge on any atom is -0.357 e. The van der Waals surface area contributed by atoms with Gasteiger partial charge in [0.1, 0.15) is 0 Å². The van der Waals surface area contributed by atoms with Gasteiger partial charge in [0.2, 0.25) is 0 Å². The van der Waals surface area contributed by atoms with Gasteiger partial charge < -0.3 is 9.88 Å². The van der Waals surface area contributed by atoms with Gasteiger partial charge in [-0.15, -0.1) is 0 Å². The van der Waals surface area contributed by atoms with E-state index in [4.69, 9.17) is 11.6 Å². The Hall–Kier alpha value is -3.35. The lowest BCUT2D eigenvalue weighted by Gasteiger charge is -2.07. The molecular weight excluding hydrogens is 410 g/mol. The molecule has 0 fully saturated rings. The van der Waals surface area contributed by atoms with Crippen LogP contribution in [0.3, 0.4) is 0 Å². The van der Waals surface area contributed by atoms with Crippen molar-refractivity contribution in [2.24, 2.45) is 0 Å². The van der Waals surface area contributed by atoms with E-state index in [1.54, 1.807) is 18.3 Å². The van der Waals surface area contributed by atoms with Crippen molar-refractivity contribution >= 4 is 33.4 Å². The van der Waals surface area contributed by atoms with Gasteiger partial charge in [0.15, 0.2) is 0 Å². The minimum absolute atomic E-state index is 0.137. The van der Waals surface area contributed by atoms with Crippen molar-refractivity contribution in [1.29, 1.82) is 0 Å². The Morgan fingerprint density at radius 2 is 1.87 bits per heavy atom. The van der Waals surface area contributed by atoms with Gasteiger partial charge in [-0.25, -0.2) is 4.68 Å². The van der Waals surface area contributed by atoms with Crippen molar-refractivity contribution in [2.75, 3.05) is 14.1 Å². The number of nitrogens with one attached hydrogen (secondary N) is 2. The second-order valence-electron chi connectivity index (χ2n) is 8.07. The number of nitrogens with zero attached hydrogens (tertiary/aromatic N) is 3. The standard InChI is InChI=1S/C24H22ClN5O/c1-14-22(15-4-9-21-16(10-15)11-18(27-21)13-29(2)3)23-20(12-26-14)24(31)30(28-23)19-7-5-17(25)6-8-19/h4-12,27-28H,13H2,1-3H3. The van der Waals surface area contributed by atoms with Gasteiger partial charge >= 0.3 is 0 Å². The lowest BCUT2D eigenvalue weighted by molar-refractivity contribution is 0.398. The summed E-state index contributed by atoms with van der Waals surface area (Å²) in [6.45, 7) is 2.81. The summed E-state index contributed by atoms with van der Waals surface area (Å²) in [4.78, 5) is 23.2. The maximum Gasteiger partial charge on any atom is 0.280 e. The number of halogens is 1. The lowest BCUT2D eigenvalue weighted by Crippen LogP contribution is -2.14. The number of aromatic nitrogens is 4. The average molecular weight is 432 g/mol. The predicted octanol–water partition coefficient (Wildman–Crippen LogP) is 4.89. The van der Waals surface area contributed by atoms with Crippen LogP contribution in [-0.2, 0) is 6.54 Å². The van der Waals surface area contributed by atoms with Crippen LogP contribution in [0.5, 0.6) is 0 Å². The Labute approximate surface area is 184 Å². The first kappa shape index (κ1) is 19.6. The first-order chi connectivity index (χ1) is 14.9. The fourth-order valence-electron chi connectivity index (χ4n) is 4.07. The number of aromatic amines is 2. The molecule has 2 aromatic carbocycles. The summed E-state index contributed by atoms with van der Waals surface area (Å²) in [7, 11) is 4.10.